The molecule has 0 saturated carbocycles. The van der Waals surface area contributed by atoms with Crippen molar-refractivity contribution >= 4 is 11.8 Å². The van der Waals surface area contributed by atoms with Gasteiger partial charge in [0.1, 0.15) is 5.76 Å². The third kappa shape index (κ3) is 3.88. The van der Waals surface area contributed by atoms with Crippen LogP contribution in [0.25, 0.3) is 0 Å². The highest BCUT2D eigenvalue weighted by atomic mass is 16.5. The first-order chi connectivity index (χ1) is 9.70. The number of carbonyl (C=O) groups excluding carboxylic acids is 1. The Labute approximate surface area is 120 Å². The molecule has 2 heterocycles. The Hall–Kier alpha value is -1.72. The van der Waals surface area contributed by atoms with E-state index >= 15 is 0 Å². The van der Waals surface area contributed by atoms with Crippen LogP contribution in [0.1, 0.15) is 31.9 Å². The number of nitrogens with zero attached hydrogens (tertiary/aromatic N) is 3. The average Bonchev–Trinajstić information content (AvgIpc) is 2.90. The molecular formula is C14H24N4O2. The minimum absolute atomic E-state index is 0.0529. The summed E-state index contributed by atoms with van der Waals surface area (Å²) in [5, 5.41) is 6.99. The fourth-order valence-corrected chi connectivity index (χ4v) is 2.32. The second-order valence-corrected chi connectivity index (χ2v) is 5.21. The molecule has 1 N–H and O–H groups in total. The molecule has 1 aliphatic heterocycles. The van der Waals surface area contributed by atoms with Gasteiger partial charge in [0.05, 0.1) is 0 Å². The van der Waals surface area contributed by atoms with E-state index in [9.17, 15) is 4.79 Å². The largest absolute Gasteiger partial charge is 0.360 e. The van der Waals surface area contributed by atoms with E-state index in [0.29, 0.717) is 0 Å². The van der Waals surface area contributed by atoms with Crippen molar-refractivity contribution in [2.45, 2.75) is 33.1 Å². The predicted molar refractivity (Wildman–Crippen MR) is 77.9 cm³/mol. The number of piperazine rings is 1. The zero-order valence-corrected chi connectivity index (χ0v) is 12.4. The highest BCUT2D eigenvalue weighted by Gasteiger charge is 2.22. The van der Waals surface area contributed by atoms with Crippen LogP contribution in [-0.4, -0.2) is 48.8 Å². The minimum atomic E-state index is 0.0529. The quantitative estimate of drug-likeness (QED) is 0.838. The Morgan fingerprint density at radius 1 is 1.35 bits per heavy atom. The molecule has 0 radical (unpaired) electrons. The zero-order chi connectivity index (χ0) is 14.4. The molecule has 6 heteroatoms. The van der Waals surface area contributed by atoms with Crippen LogP contribution in [0.2, 0.25) is 0 Å². The predicted octanol–water partition coefficient (Wildman–Crippen LogP) is 2.00. The molecule has 1 fully saturated rings. The summed E-state index contributed by atoms with van der Waals surface area (Å²) in [4.78, 5) is 16.0. The van der Waals surface area contributed by atoms with Gasteiger partial charge >= 0.3 is 6.03 Å². The highest BCUT2D eigenvalue weighted by molar-refractivity contribution is 5.74. The molecule has 2 amide bonds. The maximum Gasteiger partial charge on any atom is 0.317 e. The van der Waals surface area contributed by atoms with Crippen LogP contribution < -0.4 is 10.2 Å². The first-order valence-corrected chi connectivity index (χ1v) is 7.41. The number of nitrogens with one attached hydrogen (secondary N) is 1. The van der Waals surface area contributed by atoms with E-state index in [1.54, 1.807) is 0 Å². The monoisotopic (exact) mass is 280 g/mol. The van der Waals surface area contributed by atoms with Gasteiger partial charge in [0.2, 0.25) is 0 Å². The Morgan fingerprint density at radius 3 is 2.70 bits per heavy atom. The number of rotatable bonds is 5. The molecule has 0 spiro atoms. The Bertz CT molecular complexity index is 425. The van der Waals surface area contributed by atoms with E-state index < -0.39 is 0 Å². The Kier molecular flexibility index (Phi) is 5.26. The maximum absolute atomic E-state index is 12.0. The van der Waals surface area contributed by atoms with Crippen molar-refractivity contribution in [2.75, 3.05) is 37.6 Å². The summed E-state index contributed by atoms with van der Waals surface area (Å²) in [7, 11) is 0. The van der Waals surface area contributed by atoms with E-state index in [4.69, 9.17) is 4.52 Å². The lowest BCUT2D eigenvalue weighted by Crippen LogP contribution is -2.52. The van der Waals surface area contributed by atoms with Crippen molar-refractivity contribution < 1.29 is 9.32 Å². The summed E-state index contributed by atoms with van der Waals surface area (Å²) in [6, 6.07) is 1.98. The first kappa shape index (κ1) is 14.7. The van der Waals surface area contributed by atoms with Crippen molar-refractivity contribution in [3.63, 3.8) is 0 Å². The molecule has 1 aromatic rings. The number of amides is 2. The van der Waals surface area contributed by atoms with Gasteiger partial charge in [-0.3, -0.25) is 0 Å². The van der Waals surface area contributed by atoms with Gasteiger partial charge in [0, 0.05) is 38.8 Å². The number of carbonyl (C=O) groups is 1. The van der Waals surface area contributed by atoms with E-state index in [0.717, 1.165) is 50.7 Å². The van der Waals surface area contributed by atoms with Gasteiger partial charge in [-0.1, -0.05) is 24.9 Å². The van der Waals surface area contributed by atoms with Crippen LogP contribution in [0.15, 0.2) is 10.6 Å². The second kappa shape index (κ2) is 7.17. The van der Waals surface area contributed by atoms with Gasteiger partial charge in [-0.05, 0) is 13.3 Å². The summed E-state index contributed by atoms with van der Waals surface area (Å²) in [5.41, 5.74) is 0. The number of aromatic nitrogens is 1. The van der Waals surface area contributed by atoms with Crippen LogP contribution in [0.4, 0.5) is 10.6 Å². The molecule has 0 aromatic carbocycles. The molecule has 1 saturated heterocycles. The lowest BCUT2D eigenvalue weighted by Gasteiger charge is -2.34. The lowest BCUT2D eigenvalue weighted by molar-refractivity contribution is 0.194. The molecule has 1 aliphatic rings. The smallest absolute Gasteiger partial charge is 0.317 e. The standard InChI is InChI=1S/C14H24N4O2/c1-3-4-5-6-15-14(19)18-9-7-17(8-10-18)13-11-12(2)20-16-13/h11H,3-10H2,1-2H3,(H,15,19). The zero-order valence-electron chi connectivity index (χ0n) is 12.4. The Morgan fingerprint density at radius 2 is 2.10 bits per heavy atom. The second-order valence-electron chi connectivity index (χ2n) is 5.21. The molecule has 0 aliphatic carbocycles. The lowest BCUT2D eigenvalue weighted by atomic mass is 10.2. The third-order valence-corrected chi connectivity index (χ3v) is 3.56. The van der Waals surface area contributed by atoms with Crippen LogP contribution in [0.3, 0.4) is 0 Å². The maximum atomic E-state index is 12.0. The van der Waals surface area contributed by atoms with E-state index in [2.05, 4.69) is 22.3 Å². The van der Waals surface area contributed by atoms with Crippen molar-refractivity contribution in [2.24, 2.45) is 0 Å². The summed E-state index contributed by atoms with van der Waals surface area (Å²) < 4.78 is 5.08. The van der Waals surface area contributed by atoms with Crippen molar-refractivity contribution in [1.82, 2.24) is 15.4 Å². The first-order valence-electron chi connectivity index (χ1n) is 7.41. The van der Waals surface area contributed by atoms with Gasteiger partial charge < -0.3 is 19.6 Å². The number of hydrogen-bond acceptors (Lipinski definition) is 4. The van der Waals surface area contributed by atoms with Gasteiger partial charge in [-0.15, -0.1) is 0 Å². The van der Waals surface area contributed by atoms with Gasteiger partial charge in [-0.2, -0.15) is 0 Å². The summed E-state index contributed by atoms with van der Waals surface area (Å²) in [6.07, 6.45) is 3.39. The highest BCUT2D eigenvalue weighted by Crippen LogP contribution is 2.15. The van der Waals surface area contributed by atoms with Crippen LogP contribution in [0.5, 0.6) is 0 Å². The van der Waals surface area contributed by atoms with E-state index in [1.807, 2.05) is 17.9 Å². The molecule has 0 atom stereocenters. The molecular weight excluding hydrogens is 256 g/mol. The number of aryl methyl sites for hydroxylation is 1. The fourth-order valence-electron chi connectivity index (χ4n) is 2.32. The van der Waals surface area contributed by atoms with E-state index in [-0.39, 0.29) is 6.03 Å². The topological polar surface area (TPSA) is 61.6 Å². The fraction of sp³-hybridized carbons (Fsp3) is 0.714. The van der Waals surface area contributed by atoms with Gasteiger partial charge in [0.15, 0.2) is 5.82 Å². The normalized spacial score (nSPS) is 15.5. The van der Waals surface area contributed by atoms with Crippen molar-refractivity contribution in [1.29, 1.82) is 0 Å². The van der Waals surface area contributed by atoms with Crippen LogP contribution in [0, 0.1) is 6.92 Å². The molecule has 2 rings (SSSR count). The molecule has 0 bridgehead atoms. The molecule has 0 unspecified atom stereocenters. The van der Waals surface area contributed by atoms with Crippen molar-refractivity contribution in [3.05, 3.63) is 11.8 Å². The van der Waals surface area contributed by atoms with E-state index in [1.165, 1.54) is 12.8 Å². The number of unbranched alkanes of at least 4 members (excludes halogenated alkanes) is 2. The number of hydrogen-bond donors (Lipinski definition) is 1. The average molecular weight is 280 g/mol. The molecule has 6 nitrogen and oxygen atoms in total. The summed E-state index contributed by atoms with van der Waals surface area (Å²) >= 11 is 0. The molecule has 1 aromatic heterocycles. The molecule has 112 valence electrons. The van der Waals surface area contributed by atoms with Crippen LogP contribution >= 0.6 is 0 Å². The van der Waals surface area contributed by atoms with Crippen LogP contribution in [-0.2, 0) is 0 Å². The SMILES string of the molecule is CCCCCNC(=O)N1CCN(c2cc(C)on2)CC1. The van der Waals surface area contributed by atoms with Gasteiger partial charge in [0.25, 0.3) is 0 Å². The van der Waals surface area contributed by atoms with Gasteiger partial charge in [-0.25, -0.2) is 4.79 Å². The summed E-state index contributed by atoms with van der Waals surface area (Å²) in [6.45, 7) is 7.87. The molecule has 20 heavy (non-hydrogen) atoms. The number of anilines is 1. The van der Waals surface area contributed by atoms with Crippen molar-refractivity contribution in [3.8, 4) is 0 Å². The minimum Gasteiger partial charge on any atom is -0.360 e. The number of urea groups is 1. The summed E-state index contributed by atoms with van der Waals surface area (Å²) in [5.74, 6) is 1.68. The Balaban J connectivity index is 1.72. The third-order valence-electron chi connectivity index (χ3n) is 3.56.